The summed E-state index contributed by atoms with van der Waals surface area (Å²) in [5.74, 6) is 0. The Morgan fingerprint density at radius 1 is 1.25 bits per heavy atom. The molecule has 1 unspecified atom stereocenters. The average Bonchev–Trinajstić information content (AvgIpc) is 2.46. The van der Waals surface area contributed by atoms with Crippen LogP contribution in [-0.2, 0) is 0 Å². The van der Waals surface area contributed by atoms with E-state index in [9.17, 15) is 10.1 Å². The highest BCUT2D eigenvalue weighted by atomic mass is 16.6. The second-order valence-electron chi connectivity index (χ2n) is 4.65. The Morgan fingerprint density at radius 3 is 2.60 bits per heavy atom. The Kier molecular flexibility index (Phi) is 4.32. The van der Waals surface area contributed by atoms with Crippen LogP contribution >= 0.6 is 0 Å². The van der Waals surface area contributed by atoms with Gasteiger partial charge in [0.05, 0.1) is 4.92 Å². The fourth-order valence-corrected chi connectivity index (χ4v) is 1.95. The molecule has 0 aliphatic rings. The standard InChI is InChI=1S/C15H17N3O2/c1-11-7-8-13(18(19)20)9-15(11)17-10-14(16)12-5-3-2-4-6-12/h2-9,14,17H,10,16H2,1H3. The van der Waals surface area contributed by atoms with E-state index in [-0.39, 0.29) is 11.7 Å². The summed E-state index contributed by atoms with van der Waals surface area (Å²) in [6.45, 7) is 2.42. The van der Waals surface area contributed by atoms with E-state index in [0.29, 0.717) is 6.54 Å². The zero-order valence-electron chi connectivity index (χ0n) is 11.2. The van der Waals surface area contributed by atoms with Gasteiger partial charge in [-0.2, -0.15) is 0 Å². The monoisotopic (exact) mass is 271 g/mol. The Bertz CT molecular complexity index is 599. The van der Waals surface area contributed by atoms with E-state index >= 15 is 0 Å². The van der Waals surface area contributed by atoms with E-state index in [1.165, 1.54) is 12.1 Å². The van der Waals surface area contributed by atoms with Crippen molar-refractivity contribution in [3.63, 3.8) is 0 Å². The normalized spacial score (nSPS) is 11.9. The molecule has 2 rings (SSSR count). The summed E-state index contributed by atoms with van der Waals surface area (Å²) in [5, 5.41) is 14.0. The van der Waals surface area contributed by atoms with Crippen molar-refractivity contribution in [2.75, 3.05) is 11.9 Å². The minimum atomic E-state index is -0.401. The number of nitrogens with two attached hydrogens (primary N) is 1. The van der Waals surface area contributed by atoms with Gasteiger partial charge in [-0.3, -0.25) is 10.1 Å². The van der Waals surface area contributed by atoms with E-state index in [1.54, 1.807) is 6.07 Å². The maximum Gasteiger partial charge on any atom is 0.271 e. The molecular formula is C15H17N3O2. The van der Waals surface area contributed by atoms with Crippen molar-refractivity contribution in [1.82, 2.24) is 0 Å². The number of nitro groups is 1. The number of nitrogens with zero attached hydrogens (tertiary/aromatic N) is 1. The zero-order valence-corrected chi connectivity index (χ0v) is 11.2. The number of non-ortho nitro benzene ring substituents is 1. The maximum absolute atomic E-state index is 10.8. The molecule has 20 heavy (non-hydrogen) atoms. The first-order chi connectivity index (χ1) is 9.58. The number of hydrogen-bond donors (Lipinski definition) is 2. The molecule has 2 aromatic rings. The van der Waals surface area contributed by atoms with Crippen molar-refractivity contribution in [1.29, 1.82) is 0 Å². The Morgan fingerprint density at radius 2 is 1.95 bits per heavy atom. The third-order valence-corrected chi connectivity index (χ3v) is 3.17. The molecule has 0 radical (unpaired) electrons. The van der Waals surface area contributed by atoms with Crippen molar-refractivity contribution < 1.29 is 4.92 Å². The molecule has 0 aromatic heterocycles. The first-order valence-electron chi connectivity index (χ1n) is 6.37. The summed E-state index contributed by atoms with van der Waals surface area (Å²) in [5.41, 5.74) is 8.90. The smallest absolute Gasteiger partial charge is 0.271 e. The van der Waals surface area contributed by atoms with Crippen LogP contribution in [0.2, 0.25) is 0 Å². The van der Waals surface area contributed by atoms with Crippen LogP contribution in [0.25, 0.3) is 0 Å². The van der Waals surface area contributed by atoms with Crippen LogP contribution < -0.4 is 11.1 Å². The van der Waals surface area contributed by atoms with Crippen LogP contribution in [0.4, 0.5) is 11.4 Å². The molecule has 104 valence electrons. The van der Waals surface area contributed by atoms with Gasteiger partial charge in [0.25, 0.3) is 5.69 Å². The molecule has 2 aromatic carbocycles. The highest BCUT2D eigenvalue weighted by Gasteiger charge is 2.10. The molecule has 0 bridgehead atoms. The number of rotatable bonds is 5. The predicted octanol–water partition coefficient (Wildman–Crippen LogP) is 3.02. The second kappa shape index (κ2) is 6.16. The van der Waals surface area contributed by atoms with Crippen LogP contribution in [0.3, 0.4) is 0 Å². The van der Waals surface area contributed by atoms with E-state index < -0.39 is 4.92 Å². The Hall–Kier alpha value is -2.40. The highest BCUT2D eigenvalue weighted by molar-refractivity contribution is 5.57. The van der Waals surface area contributed by atoms with E-state index in [4.69, 9.17) is 5.73 Å². The van der Waals surface area contributed by atoms with Gasteiger partial charge in [-0.05, 0) is 18.1 Å². The minimum absolute atomic E-state index is 0.0754. The van der Waals surface area contributed by atoms with Crippen LogP contribution in [0.5, 0.6) is 0 Å². The van der Waals surface area contributed by atoms with Crippen molar-refractivity contribution >= 4 is 11.4 Å². The summed E-state index contributed by atoms with van der Waals surface area (Å²) < 4.78 is 0. The molecule has 0 fully saturated rings. The van der Waals surface area contributed by atoms with Gasteiger partial charge in [0.1, 0.15) is 0 Å². The van der Waals surface area contributed by atoms with Crippen molar-refractivity contribution in [2.24, 2.45) is 5.73 Å². The Labute approximate surface area is 117 Å². The van der Waals surface area contributed by atoms with Crippen LogP contribution in [-0.4, -0.2) is 11.5 Å². The summed E-state index contributed by atoms with van der Waals surface area (Å²) in [6, 6.07) is 14.4. The average molecular weight is 271 g/mol. The van der Waals surface area contributed by atoms with Crippen molar-refractivity contribution in [3.8, 4) is 0 Å². The quantitative estimate of drug-likeness (QED) is 0.647. The number of nitro benzene ring substituents is 1. The van der Waals surface area contributed by atoms with Crippen molar-refractivity contribution in [3.05, 3.63) is 69.8 Å². The summed E-state index contributed by atoms with van der Waals surface area (Å²) in [6.07, 6.45) is 0. The van der Waals surface area contributed by atoms with Crippen LogP contribution in [0, 0.1) is 17.0 Å². The third kappa shape index (κ3) is 3.33. The number of benzene rings is 2. The summed E-state index contributed by atoms with van der Waals surface area (Å²) >= 11 is 0. The number of anilines is 1. The lowest BCUT2D eigenvalue weighted by Crippen LogP contribution is -2.20. The lowest BCUT2D eigenvalue weighted by Gasteiger charge is -2.15. The lowest BCUT2D eigenvalue weighted by molar-refractivity contribution is -0.384. The van der Waals surface area contributed by atoms with Gasteiger partial charge in [-0.15, -0.1) is 0 Å². The molecule has 0 aliphatic heterocycles. The molecule has 5 heteroatoms. The van der Waals surface area contributed by atoms with Crippen LogP contribution in [0.15, 0.2) is 48.5 Å². The molecule has 0 aliphatic carbocycles. The van der Waals surface area contributed by atoms with Gasteiger partial charge in [-0.1, -0.05) is 36.4 Å². The number of hydrogen-bond acceptors (Lipinski definition) is 4. The molecule has 1 atom stereocenters. The minimum Gasteiger partial charge on any atom is -0.383 e. The van der Waals surface area contributed by atoms with E-state index in [2.05, 4.69) is 5.32 Å². The zero-order chi connectivity index (χ0) is 14.5. The van der Waals surface area contributed by atoms with Gasteiger partial charge in [0, 0.05) is 30.4 Å². The molecular weight excluding hydrogens is 254 g/mol. The van der Waals surface area contributed by atoms with Gasteiger partial charge >= 0.3 is 0 Å². The Balaban J connectivity index is 2.07. The number of aryl methyl sites for hydroxylation is 1. The highest BCUT2D eigenvalue weighted by Crippen LogP contribution is 2.22. The topological polar surface area (TPSA) is 81.2 Å². The second-order valence-corrected chi connectivity index (χ2v) is 4.65. The fraction of sp³-hybridized carbons (Fsp3) is 0.200. The summed E-state index contributed by atoms with van der Waals surface area (Å²) in [7, 11) is 0. The molecule has 0 saturated heterocycles. The lowest BCUT2D eigenvalue weighted by atomic mass is 10.1. The first kappa shape index (κ1) is 14.0. The van der Waals surface area contributed by atoms with E-state index in [1.807, 2.05) is 37.3 Å². The molecule has 0 amide bonds. The first-order valence-corrected chi connectivity index (χ1v) is 6.37. The third-order valence-electron chi connectivity index (χ3n) is 3.17. The SMILES string of the molecule is Cc1ccc([N+](=O)[O-])cc1NCC(N)c1ccccc1. The largest absolute Gasteiger partial charge is 0.383 e. The van der Waals surface area contributed by atoms with Gasteiger partial charge in [0.15, 0.2) is 0 Å². The summed E-state index contributed by atoms with van der Waals surface area (Å²) in [4.78, 5) is 10.4. The molecule has 5 nitrogen and oxygen atoms in total. The van der Waals surface area contributed by atoms with E-state index in [0.717, 1.165) is 16.8 Å². The van der Waals surface area contributed by atoms with Gasteiger partial charge < -0.3 is 11.1 Å². The fourth-order valence-electron chi connectivity index (χ4n) is 1.95. The van der Waals surface area contributed by atoms with Gasteiger partial charge in [-0.25, -0.2) is 0 Å². The van der Waals surface area contributed by atoms with Crippen molar-refractivity contribution in [2.45, 2.75) is 13.0 Å². The molecule has 0 spiro atoms. The van der Waals surface area contributed by atoms with Crippen LogP contribution in [0.1, 0.15) is 17.2 Å². The van der Waals surface area contributed by atoms with Gasteiger partial charge in [0.2, 0.25) is 0 Å². The maximum atomic E-state index is 10.8. The molecule has 0 saturated carbocycles. The number of nitrogens with one attached hydrogen (secondary N) is 1. The predicted molar refractivity (Wildman–Crippen MR) is 79.7 cm³/mol. The molecule has 3 N–H and O–H groups in total. The molecule has 0 heterocycles.